The summed E-state index contributed by atoms with van der Waals surface area (Å²) in [5.74, 6) is -1.65. The number of carbonyl (C=O) groups is 2. The van der Waals surface area contributed by atoms with E-state index in [-0.39, 0.29) is 17.4 Å². The summed E-state index contributed by atoms with van der Waals surface area (Å²) in [6.45, 7) is 2.01. The first-order chi connectivity index (χ1) is 7.02. The van der Waals surface area contributed by atoms with Crippen LogP contribution in [-0.4, -0.2) is 22.5 Å². The van der Waals surface area contributed by atoms with Crippen LogP contribution in [0.15, 0.2) is 0 Å². The summed E-state index contributed by atoms with van der Waals surface area (Å²) in [5.41, 5.74) is -0.0390. The minimum atomic E-state index is -0.825. The molecule has 0 spiro atoms. The van der Waals surface area contributed by atoms with Gasteiger partial charge in [-0.05, 0) is 32.6 Å². The van der Waals surface area contributed by atoms with Gasteiger partial charge in [0.2, 0.25) is 5.91 Å². The maximum absolute atomic E-state index is 11.8. The Morgan fingerprint density at radius 2 is 1.87 bits per heavy atom. The van der Waals surface area contributed by atoms with Gasteiger partial charge in [-0.2, -0.15) is 0 Å². The highest BCUT2D eigenvalue weighted by molar-refractivity contribution is 5.85. The van der Waals surface area contributed by atoms with E-state index in [1.807, 2.05) is 6.92 Å². The predicted molar refractivity (Wildman–Crippen MR) is 54.2 cm³/mol. The minimum absolute atomic E-state index is 0.0390. The Balaban J connectivity index is 1.96. The molecular weight excluding hydrogens is 194 g/mol. The highest BCUT2D eigenvalue weighted by Crippen LogP contribution is 2.37. The molecule has 0 aromatic heterocycles. The van der Waals surface area contributed by atoms with E-state index in [0.717, 1.165) is 25.7 Å². The number of nitrogens with one attached hydrogen (secondary N) is 1. The third-order valence-corrected chi connectivity index (χ3v) is 3.59. The molecule has 0 radical (unpaired) electrons. The number of amides is 1. The summed E-state index contributed by atoms with van der Waals surface area (Å²) in [7, 11) is 0. The van der Waals surface area contributed by atoms with Crippen LogP contribution in [0.3, 0.4) is 0 Å². The number of aliphatic carboxylic acids is 1. The zero-order valence-electron chi connectivity index (χ0n) is 8.95. The SMILES string of the molecule is CC1(NC(=O)[C@@H]2CCC[C@@H]2C(=O)O)CC1. The maximum Gasteiger partial charge on any atom is 0.307 e. The quantitative estimate of drug-likeness (QED) is 0.736. The van der Waals surface area contributed by atoms with Crippen molar-refractivity contribution in [2.24, 2.45) is 11.8 Å². The van der Waals surface area contributed by atoms with Gasteiger partial charge in [0, 0.05) is 5.54 Å². The Bertz CT molecular complexity index is 296. The van der Waals surface area contributed by atoms with Gasteiger partial charge < -0.3 is 10.4 Å². The van der Waals surface area contributed by atoms with Crippen LogP contribution in [0, 0.1) is 11.8 Å². The molecule has 2 saturated carbocycles. The molecule has 1 amide bonds. The van der Waals surface area contributed by atoms with Gasteiger partial charge in [-0.3, -0.25) is 9.59 Å². The minimum Gasteiger partial charge on any atom is -0.481 e. The standard InChI is InChI=1S/C11H17NO3/c1-11(5-6-11)12-9(13)7-3-2-4-8(7)10(14)15/h7-8H,2-6H2,1H3,(H,12,13)(H,14,15)/t7-,8+/m1/s1. The molecule has 0 aromatic carbocycles. The zero-order valence-corrected chi connectivity index (χ0v) is 8.95. The van der Waals surface area contributed by atoms with Crippen molar-refractivity contribution in [3.63, 3.8) is 0 Å². The Hall–Kier alpha value is -1.06. The summed E-state index contributed by atoms with van der Waals surface area (Å²) in [6.07, 6.45) is 4.25. The van der Waals surface area contributed by atoms with Crippen LogP contribution in [-0.2, 0) is 9.59 Å². The molecule has 0 aliphatic heterocycles. The van der Waals surface area contributed by atoms with Crippen LogP contribution in [0.1, 0.15) is 39.0 Å². The van der Waals surface area contributed by atoms with Gasteiger partial charge in [-0.1, -0.05) is 6.42 Å². The molecule has 2 aliphatic carbocycles. The molecule has 4 heteroatoms. The number of rotatable bonds is 3. The van der Waals surface area contributed by atoms with Crippen molar-refractivity contribution in [2.75, 3.05) is 0 Å². The van der Waals surface area contributed by atoms with E-state index in [1.54, 1.807) is 0 Å². The van der Waals surface area contributed by atoms with E-state index in [0.29, 0.717) is 6.42 Å². The Morgan fingerprint density at radius 3 is 2.40 bits per heavy atom. The lowest BCUT2D eigenvalue weighted by atomic mass is 9.95. The fourth-order valence-corrected chi connectivity index (χ4v) is 2.27. The van der Waals surface area contributed by atoms with Crippen molar-refractivity contribution >= 4 is 11.9 Å². The van der Waals surface area contributed by atoms with Crippen LogP contribution >= 0.6 is 0 Å². The molecule has 0 saturated heterocycles. The van der Waals surface area contributed by atoms with Crippen LogP contribution in [0.4, 0.5) is 0 Å². The van der Waals surface area contributed by atoms with Crippen molar-refractivity contribution in [1.82, 2.24) is 5.32 Å². The Morgan fingerprint density at radius 1 is 1.27 bits per heavy atom. The van der Waals surface area contributed by atoms with Crippen molar-refractivity contribution < 1.29 is 14.7 Å². The molecule has 0 bridgehead atoms. The lowest BCUT2D eigenvalue weighted by Crippen LogP contribution is -2.41. The van der Waals surface area contributed by atoms with Gasteiger partial charge in [-0.25, -0.2) is 0 Å². The van der Waals surface area contributed by atoms with Gasteiger partial charge in [0.15, 0.2) is 0 Å². The van der Waals surface area contributed by atoms with Gasteiger partial charge in [-0.15, -0.1) is 0 Å². The van der Waals surface area contributed by atoms with Gasteiger partial charge >= 0.3 is 5.97 Å². The van der Waals surface area contributed by atoms with Crippen LogP contribution in [0.2, 0.25) is 0 Å². The first kappa shape index (κ1) is 10.5. The molecule has 2 N–H and O–H groups in total. The number of hydrogen-bond acceptors (Lipinski definition) is 2. The second-order valence-electron chi connectivity index (χ2n) is 5.03. The lowest BCUT2D eigenvalue weighted by molar-refractivity contribution is -0.146. The predicted octanol–water partition coefficient (Wildman–Crippen LogP) is 1.16. The van der Waals surface area contributed by atoms with Gasteiger partial charge in [0.1, 0.15) is 0 Å². The molecule has 0 unspecified atom stereocenters. The summed E-state index contributed by atoms with van der Waals surface area (Å²) in [4.78, 5) is 22.8. The Labute approximate surface area is 89.0 Å². The zero-order chi connectivity index (χ0) is 11.1. The first-order valence-electron chi connectivity index (χ1n) is 5.57. The highest BCUT2D eigenvalue weighted by atomic mass is 16.4. The summed E-state index contributed by atoms with van der Waals surface area (Å²) >= 11 is 0. The molecule has 84 valence electrons. The summed E-state index contributed by atoms with van der Waals surface area (Å²) in [6, 6.07) is 0. The molecule has 2 rings (SSSR count). The molecule has 4 nitrogen and oxygen atoms in total. The molecule has 0 aromatic rings. The van der Waals surface area contributed by atoms with Crippen LogP contribution < -0.4 is 5.32 Å². The largest absolute Gasteiger partial charge is 0.481 e. The van der Waals surface area contributed by atoms with Crippen molar-refractivity contribution in [1.29, 1.82) is 0 Å². The number of carbonyl (C=O) groups excluding carboxylic acids is 1. The van der Waals surface area contributed by atoms with Crippen LogP contribution in [0.25, 0.3) is 0 Å². The van der Waals surface area contributed by atoms with Gasteiger partial charge in [0.25, 0.3) is 0 Å². The van der Waals surface area contributed by atoms with E-state index in [2.05, 4.69) is 5.32 Å². The normalized spacial score (nSPS) is 32.3. The molecule has 2 aliphatic rings. The van der Waals surface area contributed by atoms with E-state index >= 15 is 0 Å². The fraction of sp³-hybridized carbons (Fsp3) is 0.818. The lowest BCUT2D eigenvalue weighted by Gasteiger charge is -2.18. The monoisotopic (exact) mass is 211 g/mol. The topological polar surface area (TPSA) is 66.4 Å². The van der Waals surface area contributed by atoms with Crippen LogP contribution in [0.5, 0.6) is 0 Å². The second-order valence-corrected chi connectivity index (χ2v) is 5.03. The van der Waals surface area contributed by atoms with Crippen molar-refractivity contribution in [2.45, 2.75) is 44.6 Å². The molecular formula is C11H17NO3. The fourth-order valence-electron chi connectivity index (χ4n) is 2.27. The van der Waals surface area contributed by atoms with E-state index in [1.165, 1.54) is 0 Å². The number of carboxylic acids is 1. The van der Waals surface area contributed by atoms with E-state index in [9.17, 15) is 9.59 Å². The smallest absolute Gasteiger partial charge is 0.307 e. The Kier molecular flexibility index (Phi) is 2.44. The molecule has 2 atom stereocenters. The van der Waals surface area contributed by atoms with Crippen molar-refractivity contribution in [3.05, 3.63) is 0 Å². The molecule has 2 fully saturated rings. The maximum atomic E-state index is 11.8. The first-order valence-corrected chi connectivity index (χ1v) is 5.57. The summed E-state index contributed by atoms with van der Waals surface area (Å²) < 4.78 is 0. The molecule has 15 heavy (non-hydrogen) atoms. The number of carboxylic acid groups (broad SMARTS) is 1. The average molecular weight is 211 g/mol. The third kappa shape index (κ3) is 2.13. The summed E-state index contributed by atoms with van der Waals surface area (Å²) in [5, 5.41) is 11.9. The molecule has 0 heterocycles. The third-order valence-electron chi connectivity index (χ3n) is 3.59. The second kappa shape index (κ2) is 3.51. The van der Waals surface area contributed by atoms with Gasteiger partial charge in [0.05, 0.1) is 11.8 Å². The highest BCUT2D eigenvalue weighted by Gasteiger charge is 2.43. The average Bonchev–Trinajstić information content (AvgIpc) is 2.70. The van der Waals surface area contributed by atoms with E-state index in [4.69, 9.17) is 5.11 Å². The number of hydrogen-bond donors (Lipinski definition) is 2. The van der Waals surface area contributed by atoms with Crippen molar-refractivity contribution in [3.8, 4) is 0 Å². The van der Waals surface area contributed by atoms with E-state index < -0.39 is 11.9 Å².